The Morgan fingerprint density at radius 2 is 2.23 bits per heavy atom. The molecule has 3 rings (SSSR count). The summed E-state index contributed by atoms with van der Waals surface area (Å²) in [4.78, 5) is 11.6. The lowest BCUT2D eigenvalue weighted by Crippen LogP contribution is -2.09. The molecule has 13 heavy (non-hydrogen) atoms. The lowest BCUT2D eigenvalue weighted by Gasteiger charge is -2.13. The molecule has 1 fully saturated rings. The van der Waals surface area contributed by atoms with Crippen molar-refractivity contribution in [1.29, 1.82) is 0 Å². The maximum absolute atomic E-state index is 11.6. The molecule has 1 aromatic carbocycles. The van der Waals surface area contributed by atoms with Crippen molar-refractivity contribution >= 4 is 17.4 Å². The van der Waals surface area contributed by atoms with Gasteiger partial charge in [-0.25, -0.2) is 0 Å². The van der Waals surface area contributed by atoms with Crippen LogP contribution in [0.1, 0.15) is 34.7 Å². The third kappa shape index (κ3) is 1.03. The molecule has 0 aliphatic heterocycles. The Morgan fingerprint density at radius 1 is 1.38 bits per heavy atom. The van der Waals surface area contributed by atoms with Crippen LogP contribution in [0.5, 0.6) is 0 Å². The zero-order valence-corrected chi connectivity index (χ0v) is 7.84. The Morgan fingerprint density at radius 3 is 3.08 bits per heavy atom. The summed E-state index contributed by atoms with van der Waals surface area (Å²) < 4.78 is 0. The summed E-state index contributed by atoms with van der Waals surface area (Å²) in [5.74, 6) is 1.57. The third-order valence-electron chi connectivity index (χ3n) is 3.09. The minimum atomic E-state index is 0.274. The highest BCUT2D eigenvalue weighted by molar-refractivity contribution is 6.31. The fourth-order valence-corrected chi connectivity index (χ4v) is 2.47. The highest BCUT2D eigenvalue weighted by Gasteiger charge is 2.45. The van der Waals surface area contributed by atoms with Crippen LogP contribution in [0.15, 0.2) is 18.2 Å². The Labute approximate surface area is 81.7 Å². The quantitative estimate of drug-likeness (QED) is 0.618. The first-order valence-electron chi connectivity index (χ1n) is 4.58. The van der Waals surface area contributed by atoms with Crippen molar-refractivity contribution < 1.29 is 4.79 Å². The normalized spacial score (nSPS) is 29.5. The first-order valence-corrected chi connectivity index (χ1v) is 4.96. The maximum atomic E-state index is 11.6. The standard InChI is InChI=1S/C11H9ClO/c12-7-1-2-8-9-3-6(9)4-11(13)10(8)5-7/h1-2,5-6,9H,3-4H2/t6-,9-/m0/s1. The molecule has 0 unspecified atom stereocenters. The van der Waals surface area contributed by atoms with E-state index in [-0.39, 0.29) is 5.78 Å². The van der Waals surface area contributed by atoms with Gasteiger partial charge in [-0.1, -0.05) is 17.7 Å². The number of Topliss-reactive ketones (excluding diaryl/α,β-unsaturated/α-hetero) is 1. The number of hydrogen-bond donors (Lipinski definition) is 0. The number of fused-ring (bicyclic) bond motifs is 3. The first kappa shape index (κ1) is 7.57. The average molecular weight is 193 g/mol. The van der Waals surface area contributed by atoms with Crippen molar-refractivity contribution in [3.8, 4) is 0 Å². The Bertz CT molecular complexity index is 397. The summed E-state index contributed by atoms with van der Waals surface area (Å²) in [5, 5.41) is 0.672. The molecule has 1 aromatic rings. The maximum Gasteiger partial charge on any atom is 0.163 e. The summed E-state index contributed by atoms with van der Waals surface area (Å²) in [6.07, 6.45) is 1.93. The van der Waals surface area contributed by atoms with E-state index < -0.39 is 0 Å². The Kier molecular flexibility index (Phi) is 1.37. The smallest absolute Gasteiger partial charge is 0.163 e. The zero-order valence-electron chi connectivity index (χ0n) is 7.09. The van der Waals surface area contributed by atoms with Gasteiger partial charge in [-0.2, -0.15) is 0 Å². The molecule has 0 aromatic heterocycles. The molecule has 2 aliphatic rings. The van der Waals surface area contributed by atoms with Gasteiger partial charge in [-0.05, 0) is 36.0 Å². The SMILES string of the molecule is O=C1C[C@@H]2C[C@@H]2c2ccc(Cl)cc21. The molecular formula is C11H9ClO. The predicted octanol–water partition coefficient (Wildman–Crippen LogP) is 3.03. The lowest BCUT2D eigenvalue weighted by molar-refractivity contribution is 0.0969. The van der Waals surface area contributed by atoms with Crippen molar-refractivity contribution in [2.75, 3.05) is 0 Å². The van der Waals surface area contributed by atoms with Gasteiger partial charge in [0.2, 0.25) is 0 Å². The van der Waals surface area contributed by atoms with Gasteiger partial charge < -0.3 is 0 Å². The first-order chi connectivity index (χ1) is 6.25. The second-order valence-corrected chi connectivity index (χ2v) is 4.40. The molecule has 0 saturated heterocycles. The molecule has 2 atom stereocenters. The van der Waals surface area contributed by atoms with Gasteiger partial charge >= 0.3 is 0 Å². The minimum Gasteiger partial charge on any atom is -0.294 e. The minimum absolute atomic E-state index is 0.274. The summed E-state index contributed by atoms with van der Waals surface area (Å²) in [7, 11) is 0. The fourth-order valence-electron chi connectivity index (χ4n) is 2.30. The van der Waals surface area contributed by atoms with Gasteiger partial charge in [0.15, 0.2) is 5.78 Å². The molecule has 0 heterocycles. The van der Waals surface area contributed by atoms with Crippen molar-refractivity contribution in [1.82, 2.24) is 0 Å². The van der Waals surface area contributed by atoms with Crippen LogP contribution in [-0.4, -0.2) is 5.78 Å². The largest absolute Gasteiger partial charge is 0.294 e. The lowest BCUT2D eigenvalue weighted by atomic mass is 9.91. The summed E-state index contributed by atoms with van der Waals surface area (Å²) in [5.41, 5.74) is 2.09. The molecule has 2 heteroatoms. The molecule has 0 N–H and O–H groups in total. The van der Waals surface area contributed by atoms with E-state index in [1.54, 1.807) is 0 Å². The van der Waals surface area contributed by atoms with E-state index in [0.717, 1.165) is 12.0 Å². The van der Waals surface area contributed by atoms with Crippen LogP contribution in [0.25, 0.3) is 0 Å². The van der Waals surface area contributed by atoms with Gasteiger partial charge in [-0.15, -0.1) is 0 Å². The number of rotatable bonds is 0. The highest BCUT2D eigenvalue weighted by Crippen LogP contribution is 2.54. The van der Waals surface area contributed by atoms with E-state index in [9.17, 15) is 4.79 Å². The van der Waals surface area contributed by atoms with Crippen molar-refractivity contribution in [3.63, 3.8) is 0 Å². The molecule has 0 bridgehead atoms. The molecule has 1 saturated carbocycles. The highest BCUT2D eigenvalue weighted by atomic mass is 35.5. The molecular weight excluding hydrogens is 184 g/mol. The number of ketones is 1. The molecule has 1 nitrogen and oxygen atoms in total. The Hall–Kier alpha value is -0.820. The number of benzene rings is 1. The van der Waals surface area contributed by atoms with Crippen LogP contribution < -0.4 is 0 Å². The molecule has 66 valence electrons. The van der Waals surface area contributed by atoms with E-state index in [1.165, 1.54) is 12.0 Å². The third-order valence-corrected chi connectivity index (χ3v) is 3.32. The van der Waals surface area contributed by atoms with E-state index in [1.807, 2.05) is 18.2 Å². The van der Waals surface area contributed by atoms with Crippen molar-refractivity contribution in [2.45, 2.75) is 18.8 Å². The molecule has 0 amide bonds. The Balaban J connectivity index is 2.20. The van der Waals surface area contributed by atoms with Crippen molar-refractivity contribution in [2.24, 2.45) is 5.92 Å². The zero-order chi connectivity index (χ0) is 9.00. The molecule has 2 aliphatic carbocycles. The summed E-state index contributed by atoms with van der Waals surface area (Å²) in [6, 6.07) is 5.71. The number of carbonyl (C=O) groups excluding carboxylic acids is 1. The van der Waals surface area contributed by atoms with E-state index >= 15 is 0 Å². The second-order valence-electron chi connectivity index (χ2n) is 3.96. The van der Waals surface area contributed by atoms with Gasteiger partial charge in [-0.3, -0.25) is 4.79 Å². The average Bonchev–Trinajstić information content (AvgIpc) is 2.83. The topological polar surface area (TPSA) is 17.1 Å². The van der Waals surface area contributed by atoms with E-state index in [2.05, 4.69) is 0 Å². The second kappa shape index (κ2) is 2.36. The van der Waals surface area contributed by atoms with Crippen LogP contribution in [0.2, 0.25) is 5.02 Å². The number of hydrogen-bond acceptors (Lipinski definition) is 1. The van der Waals surface area contributed by atoms with Gasteiger partial charge in [0, 0.05) is 17.0 Å². The van der Waals surface area contributed by atoms with Crippen LogP contribution in [0, 0.1) is 5.92 Å². The monoisotopic (exact) mass is 192 g/mol. The molecule has 0 spiro atoms. The number of carbonyl (C=O) groups is 1. The van der Waals surface area contributed by atoms with E-state index in [4.69, 9.17) is 11.6 Å². The van der Waals surface area contributed by atoms with Gasteiger partial charge in [0.25, 0.3) is 0 Å². The number of halogens is 1. The molecule has 0 radical (unpaired) electrons. The fraction of sp³-hybridized carbons (Fsp3) is 0.364. The summed E-state index contributed by atoms with van der Waals surface area (Å²) in [6.45, 7) is 0. The predicted molar refractivity (Wildman–Crippen MR) is 51.2 cm³/mol. The van der Waals surface area contributed by atoms with Crippen LogP contribution >= 0.6 is 11.6 Å². The van der Waals surface area contributed by atoms with Crippen LogP contribution in [-0.2, 0) is 0 Å². The van der Waals surface area contributed by atoms with E-state index in [0.29, 0.717) is 16.9 Å². The van der Waals surface area contributed by atoms with Crippen LogP contribution in [0.3, 0.4) is 0 Å². The van der Waals surface area contributed by atoms with Crippen LogP contribution in [0.4, 0.5) is 0 Å². The summed E-state index contributed by atoms with van der Waals surface area (Å²) >= 11 is 5.85. The van der Waals surface area contributed by atoms with Gasteiger partial charge in [0.05, 0.1) is 0 Å². The van der Waals surface area contributed by atoms with Crippen molar-refractivity contribution in [3.05, 3.63) is 34.3 Å². The van der Waals surface area contributed by atoms with Gasteiger partial charge in [0.1, 0.15) is 0 Å².